The molecule has 0 N–H and O–H groups in total. The summed E-state index contributed by atoms with van der Waals surface area (Å²) >= 11 is 0. The minimum absolute atomic E-state index is 0.324. The van der Waals surface area contributed by atoms with Crippen LogP contribution in [0.2, 0.25) is 0 Å². The van der Waals surface area contributed by atoms with E-state index in [1.807, 2.05) is 24.3 Å². The van der Waals surface area contributed by atoms with Crippen molar-refractivity contribution in [3.63, 3.8) is 0 Å². The Morgan fingerprint density at radius 1 is 0.682 bits per heavy atom. The number of esters is 2. The SMILES string of the molecule is CCCCCCCCCCCCOc1ccc(C(=O)Oc2ccc(C=Nc3ccc(C(=O)OC[C@@H](C)CC)cc3)cc2)cc1. The van der Waals surface area contributed by atoms with E-state index < -0.39 is 5.97 Å². The first-order valence-electron chi connectivity index (χ1n) is 16.3. The summed E-state index contributed by atoms with van der Waals surface area (Å²) in [5.41, 5.74) is 2.54. The fourth-order valence-electron chi connectivity index (χ4n) is 4.51. The van der Waals surface area contributed by atoms with Crippen molar-refractivity contribution in [2.75, 3.05) is 13.2 Å². The average Bonchev–Trinajstić information content (AvgIpc) is 3.06. The number of hydrogen-bond acceptors (Lipinski definition) is 6. The zero-order valence-electron chi connectivity index (χ0n) is 26.8. The summed E-state index contributed by atoms with van der Waals surface area (Å²) in [6.07, 6.45) is 15.6. The highest BCUT2D eigenvalue weighted by atomic mass is 16.5. The molecule has 0 aromatic heterocycles. The minimum atomic E-state index is -0.421. The Bertz CT molecular complexity index is 1270. The molecule has 0 aliphatic carbocycles. The molecular formula is C38H49NO5. The van der Waals surface area contributed by atoms with Crippen molar-refractivity contribution in [3.8, 4) is 11.5 Å². The maximum atomic E-state index is 12.6. The summed E-state index contributed by atoms with van der Waals surface area (Å²) in [5, 5.41) is 0. The van der Waals surface area contributed by atoms with E-state index in [4.69, 9.17) is 14.2 Å². The molecule has 0 unspecified atom stereocenters. The van der Waals surface area contributed by atoms with E-state index in [0.717, 1.165) is 29.8 Å². The lowest BCUT2D eigenvalue weighted by Crippen LogP contribution is -2.11. The average molecular weight is 600 g/mol. The van der Waals surface area contributed by atoms with Crippen LogP contribution in [0.5, 0.6) is 11.5 Å². The summed E-state index contributed by atoms with van der Waals surface area (Å²) in [4.78, 5) is 29.3. The fraction of sp³-hybridized carbons (Fsp3) is 0.447. The zero-order chi connectivity index (χ0) is 31.4. The highest BCUT2D eigenvalue weighted by Gasteiger charge is 2.10. The second-order valence-electron chi connectivity index (χ2n) is 11.4. The molecule has 236 valence electrons. The maximum Gasteiger partial charge on any atom is 0.343 e. The second-order valence-corrected chi connectivity index (χ2v) is 11.4. The van der Waals surface area contributed by atoms with Gasteiger partial charge in [-0.1, -0.05) is 85.0 Å². The number of nitrogens with zero attached hydrogens (tertiary/aromatic N) is 1. The highest BCUT2D eigenvalue weighted by molar-refractivity contribution is 5.91. The van der Waals surface area contributed by atoms with Gasteiger partial charge in [0.2, 0.25) is 0 Å². The van der Waals surface area contributed by atoms with Crippen molar-refractivity contribution in [3.05, 3.63) is 89.5 Å². The molecule has 0 fully saturated rings. The topological polar surface area (TPSA) is 74.2 Å². The van der Waals surface area contributed by atoms with Crippen molar-refractivity contribution in [2.45, 2.75) is 91.4 Å². The number of ether oxygens (including phenoxy) is 3. The van der Waals surface area contributed by atoms with Gasteiger partial charge in [0.25, 0.3) is 0 Å². The number of carbonyl (C=O) groups excluding carboxylic acids is 2. The van der Waals surface area contributed by atoms with Gasteiger partial charge in [-0.2, -0.15) is 0 Å². The van der Waals surface area contributed by atoms with Crippen molar-refractivity contribution < 1.29 is 23.8 Å². The number of benzene rings is 3. The highest BCUT2D eigenvalue weighted by Crippen LogP contribution is 2.19. The predicted octanol–water partition coefficient (Wildman–Crippen LogP) is 10.2. The molecule has 0 amide bonds. The van der Waals surface area contributed by atoms with Gasteiger partial charge in [0.05, 0.1) is 30.0 Å². The number of aliphatic imine (C=N–C) groups is 1. The van der Waals surface area contributed by atoms with Gasteiger partial charge in [0, 0.05) is 6.21 Å². The Kier molecular flexibility index (Phi) is 15.8. The van der Waals surface area contributed by atoms with Crippen LogP contribution < -0.4 is 9.47 Å². The molecule has 0 saturated carbocycles. The Balaban J connectivity index is 1.35. The van der Waals surface area contributed by atoms with E-state index in [9.17, 15) is 9.59 Å². The van der Waals surface area contributed by atoms with E-state index in [-0.39, 0.29) is 5.97 Å². The van der Waals surface area contributed by atoms with Crippen molar-refractivity contribution in [1.82, 2.24) is 0 Å². The molecule has 1 atom stereocenters. The molecular weight excluding hydrogens is 550 g/mol. The quantitative estimate of drug-likeness (QED) is 0.0559. The fourth-order valence-corrected chi connectivity index (χ4v) is 4.51. The lowest BCUT2D eigenvalue weighted by molar-refractivity contribution is 0.0447. The molecule has 0 aliphatic rings. The van der Waals surface area contributed by atoms with Crippen LogP contribution in [-0.4, -0.2) is 31.4 Å². The van der Waals surface area contributed by atoms with Crippen LogP contribution in [0.15, 0.2) is 77.8 Å². The third kappa shape index (κ3) is 13.2. The van der Waals surface area contributed by atoms with Crippen molar-refractivity contribution in [2.24, 2.45) is 10.9 Å². The van der Waals surface area contributed by atoms with E-state index in [2.05, 4.69) is 25.8 Å². The van der Waals surface area contributed by atoms with Crippen molar-refractivity contribution >= 4 is 23.8 Å². The third-order valence-electron chi connectivity index (χ3n) is 7.61. The normalized spacial score (nSPS) is 11.8. The molecule has 3 aromatic rings. The minimum Gasteiger partial charge on any atom is -0.494 e. The smallest absolute Gasteiger partial charge is 0.343 e. The first-order valence-corrected chi connectivity index (χ1v) is 16.3. The van der Waals surface area contributed by atoms with Gasteiger partial charge in [-0.3, -0.25) is 4.99 Å². The zero-order valence-corrected chi connectivity index (χ0v) is 26.8. The number of unbranched alkanes of at least 4 members (excludes halogenated alkanes) is 9. The summed E-state index contributed by atoms with van der Waals surface area (Å²) in [5.74, 6) is 0.810. The van der Waals surface area contributed by atoms with Crippen LogP contribution in [0.3, 0.4) is 0 Å². The number of hydrogen-bond donors (Lipinski definition) is 0. The van der Waals surface area contributed by atoms with Gasteiger partial charge >= 0.3 is 11.9 Å². The van der Waals surface area contributed by atoms with Gasteiger partial charge in [0.15, 0.2) is 0 Å². The third-order valence-corrected chi connectivity index (χ3v) is 7.61. The van der Waals surface area contributed by atoms with Crippen LogP contribution in [0, 0.1) is 5.92 Å². The van der Waals surface area contributed by atoms with Crippen molar-refractivity contribution in [1.29, 1.82) is 0 Å². The maximum absolute atomic E-state index is 12.6. The monoisotopic (exact) mass is 599 g/mol. The molecule has 3 rings (SSSR count). The second kappa shape index (κ2) is 20.1. The summed E-state index contributed by atoms with van der Waals surface area (Å²) < 4.78 is 16.7. The van der Waals surface area contributed by atoms with Gasteiger partial charge < -0.3 is 14.2 Å². The van der Waals surface area contributed by atoms with Gasteiger partial charge in [-0.25, -0.2) is 9.59 Å². The Hall–Kier alpha value is -3.93. The summed E-state index contributed by atoms with van der Waals surface area (Å²) in [6, 6.07) is 21.2. The molecule has 0 spiro atoms. The predicted molar refractivity (Wildman–Crippen MR) is 179 cm³/mol. The van der Waals surface area contributed by atoms with Crippen LogP contribution in [0.1, 0.15) is 118 Å². The molecule has 6 heteroatoms. The Morgan fingerprint density at radius 2 is 1.23 bits per heavy atom. The summed E-state index contributed by atoms with van der Waals surface area (Å²) in [6.45, 7) is 7.48. The molecule has 0 bridgehead atoms. The van der Waals surface area contributed by atoms with E-state index in [1.165, 1.54) is 57.8 Å². The molecule has 6 nitrogen and oxygen atoms in total. The van der Waals surface area contributed by atoms with E-state index in [0.29, 0.717) is 36.0 Å². The summed E-state index contributed by atoms with van der Waals surface area (Å²) in [7, 11) is 0. The molecule has 44 heavy (non-hydrogen) atoms. The molecule has 0 radical (unpaired) electrons. The molecule has 0 aliphatic heterocycles. The number of rotatable bonds is 20. The molecule has 0 heterocycles. The first-order chi connectivity index (χ1) is 21.5. The first kappa shape index (κ1) is 34.6. The van der Waals surface area contributed by atoms with Crippen LogP contribution in [-0.2, 0) is 4.74 Å². The lowest BCUT2D eigenvalue weighted by Gasteiger charge is -2.09. The van der Waals surface area contributed by atoms with Gasteiger partial charge in [-0.15, -0.1) is 0 Å². The Morgan fingerprint density at radius 3 is 1.84 bits per heavy atom. The largest absolute Gasteiger partial charge is 0.494 e. The van der Waals surface area contributed by atoms with E-state index in [1.54, 1.807) is 54.7 Å². The molecule has 0 saturated heterocycles. The standard InChI is InChI=1S/C38H49NO5/c1-4-6-7-8-9-10-11-12-13-14-27-42-35-25-19-33(20-26-35)38(41)44-36-23-15-31(16-24-36)28-39-34-21-17-32(18-22-34)37(40)43-29-30(3)5-2/h15-26,28,30H,4-14,27,29H2,1-3H3/t30-/m0/s1. The van der Waals surface area contributed by atoms with E-state index >= 15 is 0 Å². The van der Waals surface area contributed by atoms with Crippen LogP contribution in [0.4, 0.5) is 5.69 Å². The Labute approximate surface area is 263 Å². The van der Waals surface area contributed by atoms with Gasteiger partial charge in [-0.05, 0) is 90.7 Å². The lowest BCUT2D eigenvalue weighted by atomic mass is 10.1. The van der Waals surface area contributed by atoms with Gasteiger partial charge in [0.1, 0.15) is 11.5 Å². The molecule has 3 aromatic carbocycles. The number of carbonyl (C=O) groups is 2. The van der Waals surface area contributed by atoms with Crippen LogP contribution in [0.25, 0.3) is 0 Å². The van der Waals surface area contributed by atoms with Crippen LogP contribution >= 0.6 is 0 Å².